The zero-order valence-electron chi connectivity index (χ0n) is 18.1. The van der Waals surface area contributed by atoms with Crippen molar-refractivity contribution in [3.8, 4) is 0 Å². The molecular weight excluding hydrogens is 412 g/mol. The van der Waals surface area contributed by atoms with Gasteiger partial charge in [0, 0.05) is 11.3 Å². The Hall–Kier alpha value is -3.81. The highest BCUT2D eigenvalue weighted by Gasteiger charge is 2.43. The molecule has 1 heterocycles. The Labute approximate surface area is 185 Å². The standard InChI is InChI=1S/C24H24N2O6/c1-14(2)12-20(26-22(29)18-6-4-5-7-19(18)23(26)30)24(31)32-13-21(28)25-17-10-8-16(9-11-17)15(3)27/h4-11,14,20H,12-13H2,1-3H3,(H,25,28)/t20-/m1/s1. The second kappa shape index (κ2) is 9.55. The number of carbonyl (C=O) groups excluding carboxylic acids is 5. The third-order valence-corrected chi connectivity index (χ3v) is 5.02. The van der Waals surface area contributed by atoms with Crippen LogP contribution in [-0.4, -0.2) is 47.0 Å². The van der Waals surface area contributed by atoms with Gasteiger partial charge in [-0.25, -0.2) is 4.79 Å². The van der Waals surface area contributed by atoms with Crippen LogP contribution in [0.15, 0.2) is 48.5 Å². The number of ketones is 1. The molecule has 0 saturated carbocycles. The predicted octanol–water partition coefficient (Wildman–Crippen LogP) is 3.08. The van der Waals surface area contributed by atoms with Crippen LogP contribution in [0.4, 0.5) is 5.69 Å². The minimum absolute atomic E-state index is 0.00882. The number of Topliss-reactive ketones (excluding diaryl/α,β-unsaturated/α-hetero) is 1. The number of hydrogen-bond donors (Lipinski definition) is 1. The van der Waals surface area contributed by atoms with Crippen molar-refractivity contribution >= 4 is 35.2 Å². The van der Waals surface area contributed by atoms with Gasteiger partial charge in [0.15, 0.2) is 12.4 Å². The number of esters is 1. The molecule has 8 heteroatoms. The number of imide groups is 1. The fourth-order valence-corrected chi connectivity index (χ4v) is 3.46. The van der Waals surface area contributed by atoms with Gasteiger partial charge in [-0.15, -0.1) is 0 Å². The van der Waals surface area contributed by atoms with Gasteiger partial charge < -0.3 is 10.1 Å². The van der Waals surface area contributed by atoms with E-state index in [1.54, 1.807) is 36.4 Å². The van der Waals surface area contributed by atoms with Gasteiger partial charge in [0.2, 0.25) is 0 Å². The van der Waals surface area contributed by atoms with Crippen LogP contribution < -0.4 is 5.32 Å². The first-order chi connectivity index (χ1) is 15.2. The number of ether oxygens (including phenoxy) is 1. The van der Waals surface area contributed by atoms with Gasteiger partial charge in [-0.1, -0.05) is 26.0 Å². The molecule has 0 bridgehead atoms. The molecule has 1 N–H and O–H groups in total. The van der Waals surface area contributed by atoms with Crippen molar-refractivity contribution in [3.63, 3.8) is 0 Å². The summed E-state index contributed by atoms with van der Waals surface area (Å²) in [5.74, 6) is -2.62. The minimum Gasteiger partial charge on any atom is -0.454 e. The number of nitrogens with one attached hydrogen (secondary N) is 1. The highest BCUT2D eigenvalue weighted by atomic mass is 16.5. The molecule has 0 radical (unpaired) electrons. The fourth-order valence-electron chi connectivity index (χ4n) is 3.46. The number of carbonyl (C=O) groups is 5. The summed E-state index contributed by atoms with van der Waals surface area (Å²) in [5.41, 5.74) is 1.43. The summed E-state index contributed by atoms with van der Waals surface area (Å²) < 4.78 is 5.16. The maximum absolute atomic E-state index is 12.8. The Morgan fingerprint density at radius 1 is 0.938 bits per heavy atom. The Balaban J connectivity index is 1.66. The summed E-state index contributed by atoms with van der Waals surface area (Å²) >= 11 is 0. The van der Waals surface area contributed by atoms with Crippen molar-refractivity contribution in [3.05, 3.63) is 65.2 Å². The first-order valence-electron chi connectivity index (χ1n) is 10.2. The highest BCUT2D eigenvalue weighted by molar-refractivity contribution is 6.22. The Morgan fingerprint density at radius 3 is 2.00 bits per heavy atom. The van der Waals surface area contributed by atoms with E-state index in [1.165, 1.54) is 19.1 Å². The summed E-state index contributed by atoms with van der Waals surface area (Å²) in [6, 6.07) is 11.5. The SMILES string of the molecule is CC(=O)c1ccc(NC(=O)COC(=O)[C@@H](CC(C)C)N2C(=O)c3ccccc3C2=O)cc1. The second-order valence-electron chi connectivity index (χ2n) is 7.96. The normalized spacial score (nSPS) is 13.7. The van der Waals surface area contributed by atoms with Crippen LogP contribution in [0.25, 0.3) is 0 Å². The Bertz CT molecular complexity index is 1040. The summed E-state index contributed by atoms with van der Waals surface area (Å²) in [7, 11) is 0. The van der Waals surface area contributed by atoms with Crippen LogP contribution in [-0.2, 0) is 14.3 Å². The van der Waals surface area contributed by atoms with Crippen LogP contribution >= 0.6 is 0 Å². The minimum atomic E-state index is -1.13. The van der Waals surface area contributed by atoms with Crippen molar-refractivity contribution < 1.29 is 28.7 Å². The zero-order valence-corrected chi connectivity index (χ0v) is 18.1. The topological polar surface area (TPSA) is 110 Å². The molecule has 32 heavy (non-hydrogen) atoms. The quantitative estimate of drug-likeness (QED) is 0.387. The largest absolute Gasteiger partial charge is 0.454 e. The Kier molecular flexibility index (Phi) is 6.82. The number of amides is 3. The van der Waals surface area contributed by atoms with E-state index in [0.717, 1.165) is 4.90 Å². The second-order valence-corrected chi connectivity index (χ2v) is 7.96. The molecule has 0 spiro atoms. The molecule has 3 amide bonds. The molecule has 1 atom stereocenters. The lowest BCUT2D eigenvalue weighted by atomic mass is 10.0. The summed E-state index contributed by atoms with van der Waals surface area (Å²) in [6.45, 7) is 4.58. The van der Waals surface area contributed by atoms with Crippen molar-refractivity contribution in [2.24, 2.45) is 5.92 Å². The number of anilines is 1. The van der Waals surface area contributed by atoms with Gasteiger partial charge in [-0.3, -0.25) is 24.1 Å². The van der Waals surface area contributed by atoms with E-state index in [4.69, 9.17) is 4.74 Å². The van der Waals surface area contributed by atoms with Crippen LogP contribution in [0.2, 0.25) is 0 Å². The van der Waals surface area contributed by atoms with Crippen molar-refractivity contribution in [1.82, 2.24) is 4.90 Å². The molecule has 0 aliphatic carbocycles. The Morgan fingerprint density at radius 2 is 1.50 bits per heavy atom. The number of nitrogens with zero attached hydrogens (tertiary/aromatic N) is 1. The van der Waals surface area contributed by atoms with Gasteiger partial charge in [0.1, 0.15) is 6.04 Å². The summed E-state index contributed by atoms with van der Waals surface area (Å²) in [4.78, 5) is 62.8. The van der Waals surface area contributed by atoms with Gasteiger partial charge in [-0.05, 0) is 55.7 Å². The summed E-state index contributed by atoms with van der Waals surface area (Å²) in [6.07, 6.45) is 0.207. The molecule has 3 rings (SSSR count). The molecule has 1 aliphatic heterocycles. The molecule has 0 aromatic heterocycles. The van der Waals surface area contributed by atoms with Crippen LogP contribution in [0.1, 0.15) is 58.3 Å². The van der Waals surface area contributed by atoms with Gasteiger partial charge in [-0.2, -0.15) is 0 Å². The van der Waals surface area contributed by atoms with E-state index >= 15 is 0 Å². The zero-order chi connectivity index (χ0) is 23.4. The molecule has 0 unspecified atom stereocenters. The first kappa shape index (κ1) is 22.9. The lowest BCUT2D eigenvalue weighted by Crippen LogP contribution is -2.46. The van der Waals surface area contributed by atoms with Gasteiger partial charge >= 0.3 is 5.97 Å². The van der Waals surface area contributed by atoms with Crippen molar-refractivity contribution in [1.29, 1.82) is 0 Å². The molecule has 2 aromatic rings. The van der Waals surface area contributed by atoms with E-state index < -0.39 is 36.3 Å². The van der Waals surface area contributed by atoms with Crippen molar-refractivity contribution in [2.45, 2.75) is 33.2 Å². The van der Waals surface area contributed by atoms with Crippen molar-refractivity contribution in [2.75, 3.05) is 11.9 Å². The van der Waals surface area contributed by atoms with E-state index in [2.05, 4.69) is 5.32 Å². The molecule has 1 aliphatic rings. The number of hydrogen-bond acceptors (Lipinski definition) is 6. The smallest absolute Gasteiger partial charge is 0.329 e. The van der Waals surface area contributed by atoms with Crippen LogP contribution in [0.5, 0.6) is 0 Å². The van der Waals surface area contributed by atoms with Crippen LogP contribution in [0, 0.1) is 5.92 Å². The number of rotatable bonds is 8. The van der Waals surface area contributed by atoms with Gasteiger partial charge in [0.05, 0.1) is 11.1 Å². The van der Waals surface area contributed by atoms with Gasteiger partial charge in [0.25, 0.3) is 17.7 Å². The maximum atomic E-state index is 12.8. The molecule has 0 saturated heterocycles. The van der Waals surface area contributed by atoms with Crippen LogP contribution in [0.3, 0.4) is 0 Å². The summed E-state index contributed by atoms with van der Waals surface area (Å²) in [5, 5.41) is 2.57. The average molecular weight is 436 g/mol. The predicted molar refractivity (Wildman–Crippen MR) is 116 cm³/mol. The first-order valence-corrected chi connectivity index (χ1v) is 10.2. The third-order valence-electron chi connectivity index (χ3n) is 5.02. The molecular formula is C24H24N2O6. The monoisotopic (exact) mass is 436 g/mol. The lowest BCUT2D eigenvalue weighted by molar-refractivity contribution is -0.151. The highest BCUT2D eigenvalue weighted by Crippen LogP contribution is 2.27. The molecule has 0 fully saturated rings. The van der Waals surface area contributed by atoms with E-state index in [-0.39, 0.29) is 29.2 Å². The number of benzene rings is 2. The van der Waals surface area contributed by atoms with E-state index in [0.29, 0.717) is 11.3 Å². The molecule has 2 aromatic carbocycles. The van der Waals surface area contributed by atoms with E-state index in [1.807, 2.05) is 13.8 Å². The molecule has 8 nitrogen and oxygen atoms in total. The third kappa shape index (κ3) is 4.91. The average Bonchev–Trinajstić information content (AvgIpc) is 3.01. The fraction of sp³-hybridized carbons (Fsp3) is 0.292. The number of fused-ring (bicyclic) bond motifs is 1. The maximum Gasteiger partial charge on any atom is 0.329 e. The molecule has 166 valence electrons. The lowest BCUT2D eigenvalue weighted by Gasteiger charge is -2.25. The van der Waals surface area contributed by atoms with E-state index in [9.17, 15) is 24.0 Å².